The lowest BCUT2D eigenvalue weighted by Gasteiger charge is -1.92. The Morgan fingerprint density at radius 3 is 2.94 bits per heavy atom. The minimum absolute atomic E-state index is 0.757. The van der Waals surface area contributed by atoms with Crippen molar-refractivity contribution in [3.8, 4) is 0 Å². The summed E-state index contributed by atoms with van der Waals surface area (Å²) in [4.78, 5) is 4.61. The number of nitrogens with zero attached hydrogens (tertiary/aromatic N) is 1. The number of thiophene rings is 1. The Bertz CT molecular complexity index is 628. The number of thiazole rings is 1. The molecule has 3 aromatic rings. The second-order valence-corrected chi connectivity index (χ2v) is 6.18. The second-order valence-electron chi connectivity index (χ2n) is 3.85. The van der Waals surface area contributed by atoms with Crippen molar-refractivity contribution in [3.63, 3.8) is 0 Å². The summed E-state index contributed by atoms with van der Waals surface area (Å²) in [6, 6.07) is 8.07. The molecule has 2 heterocycles. The van der Waals surface area contributed by atoms with Gasteiger partial charge in [-0.25, -0.2) is 4.98 Å². The Balaban J connectivity index is 1.81. The van der Waals surface area contributed by atoms with E-state index in [9.17, 15) is 0 Å². The topological polar surface area (TPSA) is 12.9 Å². The van der Waals surface area contributed by atoms with Crippen LogP contribution >= 0.6 is 34.3 Å². The third-order valence-electron chi connectivity index (χ3n) is 2.60. The fourth-order valence-electron chi connectivity index (χ4n) is 1.74. The lowest BCUT2D eigenvalue weighted by molar-refractivity contribution is 0.954. The number of rotatable bonds is 3. The molecule has 0 aliphatic carbocycles. The van der Waals surface area contributed by atoms with E-state index in [1.807, 2.05) is 18.2 Å². The van der Waals surface area contributed by atoms with Crippen LogP contribution in [0.2, 0.25) is 5.02 Å². The zero-order valence-corrected chi connectivity index (χ0v) is 11.4. The molecule has 86 valence electrons. The van der Waals surface area contributed by atoms with Gasteiger partial charge in [-0.15, -0.1) is 11.3 Å². The molecule has 4 heteroatoms. The van der Waals surface area contributed by atoms with Crippen LogP contribution in [-0.4, -0.2) is 4.98 Å². The number of fused-ring (bicyclic) bond motifs is 1. The molecule has 1 nitrogen and oxygen atoms in total. The van der Waals surface area contributed by atoms with Gasteiger partial charge in [-0.3, -0.25) is 0 Å². The first-order valence-electron chi connectivity index (χ1n) is 5.37. The van der Waals surface area contributed by atoms with Crippen LogP contribution in [0.1, 0.15) is 10.6 Å². The van der Waals surface area contributed by atoms with Gasteiger partial charge in [-0.2, -0.15) is 11.3 Å². The van der Waals surface area contributed by atoms with Crippen LogP contribution in [0, 0.1) is 0 Å². The highest BCUT2D eigenvalue weighted by molar-refractivity contribution is 7.18. The molecule has 0 spiro atoms. The van der Waals surface area contributed by atoms with E-state index in [2.05, 4.69) is 21.8 Å². The third kappa shape index (κ3) is 2.51. The van der Waals surface area contributed by atoms with Crippen molar-refractivity contribution in [2.24, 2.45) is 0 Å². The Labute approximate surface area is 113 Å². The lowest BCUT2D eigenvalue weighted by Crippen LogP contribution is -1.87. The van der Waals surface area contributed by atoms with Gasteiger partial charge >= 0.3 is 0 Å². The van der Waals surface area contributed by atoms with Crippen LogP contribution < -0.4 is 0 Å². The molecule has 0 aliphatic heterocycles. The molecular weight excluding hydrogens is 270 g/mol. The molecule has 2 aromatic heterocycles. The van der Waals surface area contributed by atoms with Crippen molar-refractivity contribution in [1.29, 1.82) is 0 Å². The van der Waals surface area contributed by atoms with Crippen LogP contribution in [0.3, 0.4) is 0 Å². The predicted molar refractivity (Wildman–Crippen MR) is 76.4 cm³/mol. The van der Waals surface area contributed by atoms with E-state index in [1.54, 1.807) is 22.7 Å². The van der Waals surface area contributed by atoms with Crippen LogP contribution in [0.4, 0.5) is 0 Å². The van der Waals surface area contributed by atoms with Gasteiger partial charge in [0, 0.05) is 11.4 Å². The van der Waals surface area contributed by atoms with E-state index in [4.69, 9.17) is 11.6 Å². The standard InChI is InChI=1S/C13H10ClNS2/c14-10-2-3-12-11(7-10)15-13(17-12)4-1-9-5-6-16-8-9/h2-3,5-8H,1,4H2. The molecule has 0 saturated carbocycles. The maximum absolute atomic E-state index is 5.95. The first-order valence-corrected chi connectivity index (χ1v) is 7.51. The number of benzene rings is 1. The quantitative estimate of drug-likeness (QED) is 0.671. The van der Waals surface area contributed by atoms with E-state index >= 15 is 0 Å². The summed E-state index contributed by atoms with van der Waals surface area (Å²) in [6.07, 6.45) is 2.07. The molecule has 0 amide bonds. The van der Waals surface area contributed by atoms with Gasteiger partial charge in [0.15, 0.2) is 0 Å². The molecule has 0 saturated heterocycles. The maximum Gasteiger partial charge on any atom is 0.0941 e. The minimum Gasteiger partial charge on any atom is -0.241 e. The highest BCUT2D eigenvalue weighted by Crippen LogP contribution is 2.25. The molecule has 1 aromatic carbocycles. The summed E-state index contributed by atoms with van der Waals surface area (Å²) in [6.45, 7) is 0. The van der Waals surface area contributed by atoms with Crippen molar-refractivity contribution in [2.45, 2.75) is 12.8 Å². The monoisotopic (exact) mass is 279 g/mol. The molecule has 0 bridgehead atoms. The van der Waals surface area contributed by atoms with Gasteiger partial charge < -0.3 is 0 Å². The molecule has 3 rings (SSSR count). The van der Waals surface area contributed by atoms with Gasteiger partial charge in [-0.05, 0) is 47.0 Å². The van der Waals surface area contributed by atoms with E-state index in [1.165, 1.54) is 15.3 Å². The smallest absolute Gasteiger partial charge is 0.0941 e. The first-order chi connectivity index (χ1) is 8.31. The molecule has 0 N–H and O–H groups in total. The van der Waals surface area contributed by atoms with Crippen molar-refractivity contribution in [2.75, 3.05) is 0 Å². The van der Waals surface area contributed by atoms with Crippen LogP contribution in [-0.2, 0) is 12.8 Å². The first kappa shape index (κ1) is 11.2. The average Bonchev–Trinajstić information content (AvgIpc) is 2.94. The van der Waals surface area contributed by atoms with Crippen molar-refractivity contribution in [3.05, 3.63) is 50.6 Å². The van der Waals surface area contributed by atoms with Crippen LogP contribution in [0.25, 0.3) is 10.2 Å². The second kappa shape index (κ2) is 4.77. The number of hydrogen-bond acceptors (Lipinski definition) is 3. The zero-order chi connectivity index (χ0) is 11.7. The highest BCUT2D eigenvalue weighted by atomic mass is 35.5. The fourth-order valence-corrected chi connectivity index (χ4v) is 3.56. The van der Waals surface area contributed by atoms with E-state index in [0.717, 1.165) is 23.4 Å². The molecule has 0 fully saturated rings. The molecule has 17 heavy (non-hydrogen) atoms. The third-order valence-corrected chi connectivity index (χ3v) is 4.66. The SMILES string of the molecule is Clc1ccc2sc(CCc3ccsc3)nc2c1. The largest absolute Gasteiger partial charge is 0.241 e. The number of hydrogen-bond donors (Lipinski definition) is 0. The van der Waals surface area contributed by atoms with Gasteiger partial charge in [0.2, 0.25) is 0 Å². The molecule has 0 aliphatic rings. The number of halogens is 1. The normalized spacial score (nSPS) is 11.1. The summed E-state index contributed by atoms with van der Waals surface area (Å²) >= 11 is 9.46. The molecular formula is C13H10ClNS2. The molecule has 0 atom stereocenters. The Morgan fingerprint density at radius 1 is 1.18 bits per heavy atom. The van der Waals surface area contributed by atoms with Crippen molar-refractivity contribution >= 4 is 44.5 Å². The Kier molecular flexibility index (Phi) is 3.14. The van der Waals surface area contributed by atoms with E-state index in [-0.39, 0.29) is 0 Å². The number of aryl methyl sites for hydroxylation is 2. The maximum atomic E-state index is 5.95. The molecule has 0 unspecified atom stereocenters. The highest BCUT2D eigenvalue weighted by Gasteiger charge is 2.04. The Morgan fingerprint density at radius 2 is 2.12 bits per heavy atom. The predicted octanol–water partition coefficient (Wildman–Crippen LogP) is 4.80. The van der Waals surface area contributed by atoms with Crippen LogP contribution in [0.5, 0.6) is 0 Å². The summed E-state index contributed by atoms with van der Waals surface area (Å²) in [5.41, 5.74) is 2.41. The summed E-state index contributed by atoms with van der Waals surface area (Å²) in [5.74, 6) is 0. The van der Waals surface area contributed by atoms with Gasteiger partial charge in [0.1, 0.15) is 0 Å². The van der Waals surface area contributed by atoms with E-state index < -0.39 is 0 Å². The van der Waals surface area contributed by atoms with Crippen LogP contribution in [0.15, 0.2) is 35.0 Å². The molecule has 0 radical (unpaired) electrons. The lowest BCUT2D eigenvalue weighted by atomic mass is 10.2. The average molecular weight is 280 g/mol. The van der Waals surface area contributed by atoms with Gasteiger partial charge in [0.05, 0.1) is 15.2 Å². The summed E-state index contributed by atoms with van der Waals surface area (Å²) in [5, 5.41) is 6.26. The van der Waals surface area contributed by atoms with Crippen molar-refractivity contribution in [1.82, 2.24) is 4.98 Å². The minimum atomic E-state index is 0.757. The number of aromatic nitrogens is 1. The van der Waals surface area contributed by atoms with Gasteiger partial charge in [-0.1, -0.05) is 11.6 Å². The zero-order valence-electron chi connectivity index (χ0n) is 9.02. The summed E-state index contributed by atoms with van der Waals surface area (Å²) < 4.78 is 1.22. The van der Waals surface area contributed by atoms with Gasteiger partial charge in [0.25, 0.3) is 0 Å². The van der Waals surface area contributed by atoms with Crippen molar-refractivity contribution < 1.29 is 0 Å². The Hall–Kier alpha value is -0.900. The fraction of sp³-hybridized carbons (Fsp3) is 0.154. The summed E-state index contributed by atoms with van der Waals surface area (Å²) in [7, 11) is 0. The van der Waals surface area contributed by atoms with E-state index in [0.29, 0.717) is 0 Å².